The maximum absolute atomic E-state index is 12.1. The zero-order chi connectivity index (χ0) is 15.5. The van der Waals surface area contributed by atoms with Crippen molar-refractivity contribution in [3.63, 3.8) is 0 Å². The molecule has 0 atom stereocenters. The van der Waals surface area contributed by atoms with Crippen molar-refractivity contribution in [1.82, 2.24) is 9.38 Å². The molecule has 0 saturated heterocycles. The third kappa shape index (κ3) is 2.87. The van der Waals surface area contributed by atoms with Crippen LogP contribution >= 0.6 is 11.3 Å². The van der Waals surface area contributed by atoms with Crippen LogP contribution in [-0.4, -0.2) is 22.4 Å². The topological polar surface area (TPSA) is 55.6 Å². The van der Waals surface area contributed by atoms with Gasteiger partial charge in [-0.25, -0.2) is 4.98 Å². The number of aryl methyl sites for hydroxylation is 1. The molecule has 1 aromatic carbocycles. The Balaban J connectivity index is 1.77. The van der Waals surface area contributed by atoms with E-state index in [1.807, 2.05) is 41.1 Å². The van der Waals surface area contributed by atoms with Gasteiger partial charge in [0.05, 0.1) is 24.7 Å². The van der Waals surface area contributed by atoms with Gasteiger partial charge < -0.3 is 10.1 Å². The quantitative estimate of drug-likeness (QED) is 0.751. The number of rotatable bonds is 4. The summed E-state index contributed by atoms with van der Waals surface area (Å²) in [7, 11) is 1.58. The van der Waals surface area contributed by atoms with Crippen LogP contribution in [0.5, 0.6) is 5.75 Å². The number of amides is 1. The predicted molar refractivity (Wildman–Crippen MR) is 88.5 cm³/mol. The lowest BCUT2D eigenvalue weighted by molar-refractivity contribution is -0.111. The van der Waals surface area contributed by atoms with Crippen molar-refractivity contribution >= 4 is 34.0 Å². The van der Waals surface area contributed by atoms with E-state index in [9.17, 15) is 4.79 Å². The van der Waals surface area contributed by atoms with Crippen LogP contribution in [0.1, 0.15) is 11.3 Å². The minimum absolute atomic E-state index is 0.214. The number of carbonyl (C=O) groups is 1. The van der Waals surface area contributed by atoms with Gasteiger partial charge in [0.1, 0.15) is 5.75 Å². The number of benzene rings is 1. The number of aromatic nitrogens is 2. The zero-order valence-electron chi connectivity index (χ0n) is 12.2. The highest BCUT2D eigenvalue weighted by Crippen LogP contribution is 2.25. The molecule has 5 nitrogen and oxygen atoms in total. The van der Waals surface area contributed by atoms with Gasteiger partial charge in [-0.05, 0) is 30.7 Å². The number of hydrogen-bond acceptors (Lipinski definition) is 4. The van der Waals surface area contributed by atoms with Crippen LogP contribution in [0.15, 0.2) is 42.0 Å². The summed E-state index contributed by atoms with van der Waals surface area (Å²) in [5.74, 6) is 0.422. The summed E-state index contributed by atoms with van der Waals surface area (Å²) >= 11 is 1.55. The SMILES string of the molecule is COc1ccc(C)cc1NC(=O)/C=C/c1cnc2sccn12. The lowest BCUT2D eigenvalue weighted by atomic mass is 10.2. The van der Waals surface area contributed by atoms with Crippen LogP contribution in [0.25, 0.3) is 11.0 Å². The molecule has 1 N–H and O–H groups in total. The summed E-state index contributed by atoms with van der Waals surface area (Å²) in [5.41, 5.74) is 2.57. The normalized spacial score (nSPS) is 11.2. The fourth-order valence-electron chi connectivity index (χ4n) is 2.12. The van der Waals surface area contributed by atoms with Crippen molar-refractivity contribution in [3.05, 3.63) is 53.3 Å². The number of imidazole rings is 1. The van der Waals surface area contributed by atoms with Crippen LogP contribution in [0.3, 0.4) is 0 Å². The molecule has 0 saturated carbocycles. The van der Waals surface area contributed by atoms with E-state index in [1.165, 1.54) is 6.08 Å². The minimum Gasteiger partial charge on any atom is -0.495 e. The zero-order valence-corrected chi connectivity index (χ0v) is 13.1. The van der Waals surface area contributed by atoms with Gasteiger partial charge in [-0.2, -0.15) is 0 Å². The largest absolute Gasteiger partial charge is 0.495 e. The number of ether oxygens (including phenoxy) is 1. The van der Waals surface area contributed by atoms with E-state index in [1.54, 1.807) is 30.7 Å². The fraction of sp³-hybridized carbons (Fsp3) is 0.125. The Labute approximate surface area is 131 Å². The second-order valence-corrected chi connectivity index (χ2v) is 5.64. The lowest BCUT2D eigenvalue weighted by Gasteiger charge is -2.09. The first-order valence-corrected chi connectivity index (χ1v) is 7.59. The molecule has 2 heterocycles. The Morgan fingerprint density at radius 3 is 3.14 bits per heavy atom. The van der Waals surface area contributed by atoms with Crippen molar-refractivity contribution in [3.8, 4) is 5.75 Å². The molecule has 0 aliphatic carbocycles. The summed E-state index contributed by atoms with van der Waals surface area (Å²) in [6.45, 7) is 1.96. The third-order valence-electron chi connectivity index (χ3n) is 3.19. The van der Waals surface area contributed by atoms with Crippen molar-refractivity contribution in [2.24, 2.45) is 0 Å². The highest BCUT2D eigenvalue weighted by molar-refractivity contribution is 7.15. The third-order valence-corrected chi connectivity index (χ3v) is 3.96. The van der Waals surface area contributed by atoms with E-state index >= 15 is 0 Å². The monoisotopic (exact) mass is 313 g/mol. The van der Waals surface area contributed by atoms with Gasteiger partial charge in [-0.3, -0.25) is 9.20 Å². The molecule has 112 valence electrons. The van der Waals surface area contributed by atoms with E-state index in [4.69, 9.17) is 4.74 Å². The molecule has 0 radical (unpaired) electrons. The van der Waals surface area contributed by atoms with Gasteiger partial charge in [0.2, 0.25) is 5.91 Å². The Morgan fingerprint density at radius 2 is 2.32 bits per heavy atom. The van der Waals surface area contributed by atoms with Crippen molar-refractivity contribution in [1.29, 1.82) is 0 Å². The predicted octanol–water partition coefficient (Wildman–Crippen LogP) is 3.36. The Morgan fingerprint density at radius 1 is 1.45 bits per heavy atom. The van der Waals surface area contributed by atoms with Gasteiger partial charge in [-0.1, -0.05) is 6.07 Å². The van der Waals surface area contributed by atoms with Crippen LogP contribution in [-0.2, 0) is 4.79 Å². The molecule has 0 aliphatic heterocycles. The summed E-state index contributed by atoms with van der Waals surface area (Å²) in [6.07, 6.45) is 6.89. The highest BCUT2D eigenvalue weighted by atomic mass is 32.1. The molecule has 2 aromatic heterocycles. The molecule has 6 heteroatoms. The van der Waals surface area contributed by atoms with E-state index in [0.717, 1.165) is 16.2 Å². The number of nitrogens with zero attached hydrogens (tertiary/aromatic N) is 2. The number of methoxy groups -OCH3 is 1. The van der Waals surface area contributed by atoms with Gasteiger partial charge in [-0.15, -0.1) is 11.3 Å². The van der Waals surface area contributed by atoms with Crippen LogP contribution in [0.2, 0.25) is 0 Å². The molecular formula is C16H15N3O2S. The highest BCUT2D eigenvalue weighted by Gasteiger charge is 2.06. The van der Waals surface area contributed by atoms with Gasteiger partial charge in [0.25, 0.3) is 0 Å². The van der Waals surface area contributed by atoms with Crippen molar-refractivity contribution in [2.75, 3.05) is 12.4 Å². The first-order chi connectivity index (χ1) is 10.7. The molecule has 0 aliphatic rings. The van der Waals surface area contributed by atoms with E-state index in [2.05, 4.69) is 10.3 Å². The number of hydrogen-bond donors (Lipinski definition) is 1. The average Bonchev–Trinajstić information content (AvgIpc) is 3.09. The molecule has 0 fully saturated rings. The number of fused-ring (bicyclic) bond motifs is 1. The van der Waals surface area contributed by atoms with Crippen LogP contribution in [0.4, 0.5) is 5.69 Å². The maximum Gasteiger partial charge on any atom is 0.248 e. The fourth-order valence-corrected chi connectivity index (χ4v) is 2.82. The lowest BCUT2D eigenvalue weighted by Crippen LogP contribution is -2.09. The second-order valence-electron chi connectivity index (χ2n) is 4.76. The summed E-state index contributed by atoms with van der Waals surface area (Å²) < 4.78 is 7.18. The molecule has 0 unspecified atom stereocenters. The minimum atomic E-state index is -0.214. The van der Waals surface area contributed by atoms with E-state index in [0.29, 0.717) is 11.4 Å². The van der Waals surface area contributed by atoms with Crippen molar-refractivity contribution in [2.45, 2.75) is 6.92 Å². The van der Waals surface area contributed by atoms with Gasteiger partial charge in [0, 0.05) is 17.7 Å². The van der Waals surface area contributed by atoms with E-state index < -0.39 is 0 Å². The van der Waals surface area contributed by atoms with Gasteiger partial charge in [0.15, 0.2) is 4.96 Å². The molecule has 22 heavy (non-hydrogen) atoms. The standard InChI is InChI=1S/C16H15N3O2S/c1-11-3-5-14(21-2)13(9-11)18-15(20)6-4-12-10-17-16-19(12)7-8-22-16/h3-10H,1-2H3,(H,18,20)/b6-4+. The first kappa shape index (κ1) is 14.3. The molecule has 3 rings (SSSR count). The smallest absolute Gasteiger partial charge is 0.248 e. The number of anilines is 1. The first-order valence-electron chi connectivity index (χ1n) is 6.71. The number of thiazole rings is 1. The summed E-state index contributed by atoms with van der Waals surface area (Å²) in [5, 5.41) is 4.78. The average molecular weight is 313 g/mol. The van der Waals surface area contributed by atoms with Crippen LogP contribution in [0, 0.1) is 6.92 Å². The Kier molecular flexibility index (Phi) is 3.93. The molecular weight excluding hydrogens is 298 g/mol. The Bertz CT molecular complexity index is 848. The Hall–Kier alpha value is -2.60. The second kappa shape index (κ2) is 6.03. The maximum atomic E-state index is 12.1. The van der Waals surface area contributed by atoms with E-state index in [-0.39, 0.29) is 5.91 Å². The summed E-state index contributed by atoms with van der Waals surface area (Å²) in [6, 6.07) is 5.64. The molecule has 1 amide bonds. The molecule has 0 bridgehead atoms. The number of nitrogens with one attached hydrogen (secondary N) is 1. The molecule has 3 aromatic rings. The van der Waals surface area contributed by atoms with Crippen molar-refractivity contribution < 1.29 is 9.53 Å². The van der Waals surface area contributed by atoms with Gasteiger partial charge >= 0.3 is 0 Å². The molecule has 0 spiro atoms. The van der Waals surface area contributed by atoms with Crippen LogP contribution < -0.4 is 10.1 Å². The summed E-state index contributed by atoms with van der Waals surface area (Å²) in [4.78, 5) is 17.2. The number of carbonyl (C=O) groups excluding carboxylic acids is 1.